The molecule has 304 valence electrons. The van der Waals surface area contributed by atoms with Crippen molar-refractivity contribution in [2.45, 2.75) is 17.8 Å². The van der Waals surface area contributed by atoms with Gasteiger partial charge >= 0.3 is 0 Å². The van der Waals surface area contributed by atoms with Gasteiger partial charge in [0.2, 0.25) is 0 Å². The van der Waals surface area contributed by atoms with E-state index < -0.39 is 10.8 Å². The Hall–Kier alpha value is -8.34. The molecule has 2 aliphatic carbocycles. The van der Waals surface area contributed by atoms with E-state index in [-0.39, 0.29) is 0 Å². The zero-order valence-electron chi connectivity index (χ0n) is 35.7. The molecule has 0 bridgehead atoms. The van der Waals surface area contributed by atoms with Gasteiger partial charge in [0.25, 0.3) is 0 Å². The number of pyridine rings is 4. The highest BCUT2D eigenvalue weighted by molar-refractivity contribution is 6.22. The molecule has 11 aromatic rings. The molecule has 13 rings (SSSR count). The third kappa shape index (κ3) is 5.19. The predicted octanol–water partition coefficient (Wildman–Crippen LogP) is 13.9. The summed E-state index contributed by atoms with van der Waals surface area (Å²) in [6.45, 7) is 2.20. The molecule has 0 spiro atoms. The van der Waals surface area contributed by atoms with Crippen molar-refractivity contribution in [2.75, 3.05) is 0 Å². The van der Waals surface area contributed by atoms with Crippen molar-refractivity contribution in [1.29, 1.82) is 0 Å². The third-order valence-corrected chi connectivity index (χ3v) is 14.0. The van der Waals surface area contributed by atoms with E-state index in [2.05, 4.69) is 183 Å². The van der Waals surface area contributed by atoms with E-state index in [1.807, 2.05) is 49.1 Å². The van der Waals surface area contributed by atoms with Crippen LogP contribution in [0.15, 0.2) is 225 Å². The Labute approximate surface area is 377 Å². The predicted molar refractivity (Wildman–Crippen MR) is 263 cm³/mol. The number of aryl methyl sites for hydroxylation is 1. The molecule has 7 aromatic carbocycles. The number of nitrogens with zero attached hydrogens (tertiary/aromatic N) is 4. The van der Waals surface area contributed by atoms with Crippen LogP contribution in [0.2, 0.25) is 0 Å². The van der Waals surface area contributed by atoms with Gasteiger partial charge < -0.3 is 0 Å². The van der Waals surface area contributed by atoms with E-state index in [1.54, 1.807) is 0 Å². The van der Waals surface area contributed by atoms with Crippen molar-refractivity contribution in [1.82, 2.24) is 19.9 Å². The van der Waals surface area contributed by atoms with Gasteiger partial charge in [0.15, 0.2) is 0 Å². The van der Waals surface area contributed by atoms with Crippen LogP contribution in [-0.2, 0) is 10.8 Å². The van der Waals surface area contributed by atoms with Gasteiger partial charge in [-0.3, -0.25) is 19.9 Å². The van der Waals surface area contributed by atoms with Gasteiger partial charge in [-0.05, 0) is 156 Å². The first-order valence-electron chi connectivity index (χ1n) is 22.3. The second-order valence-electron chi connectivity index (χ2n) is 17.3. The molecule has 4 heterocycles. The van der Waals surface area contributed by atoms with Gasteiger partial charge in [-0.1, -0.05) is 145 Å². The molecule has 0 saturated heterocycles. The number of aromatic nitrogens is 4. The SMILES string of the molecule is Cc1ccc2c(-c3ccc4c(c3)C(c3ccccn3)(c3ccccn3)c3ccccc3-4)c3ccccc3c(-c3ccc4c(c3)C(c3ccccn3)(c3ccccn3)c3ccccc3-4)c2c1. The zero-order chi connectivity index (χ0) is 43.1. The maximum Gasteiger partial charge on any atom is 0.106 e. The highest BCUT2D eigenvalue weighted by atomic mass is 14.8. The maximum absolute atomic E-state index is 5.10. The minimum atomic E-state index is -0.721. The second-order valence-corrected chi connectivity index (χ2v) is 17.3. The van der Waals surface area contributed by atoms with E-state index >= 15 is 0 Å². The van der Waals surface area contributed by atoms with Gasteiger partial charge in [-0.25, -0.2) is 0 Å². The van der Waals surface area contributed by atoms with E-state index in [0.717, 1.165) is 33.9 Å². The smallest absolute Gasteiger partial charge is 0.106 e. The largest absolute Gasteiger partial charge is 0.260 e. The van der Waals surface area contributed by atoms with Crippen LogP contribution in [0.25, 0.3) is 66.1 Å². The zero-order valence-corrected chi connectivity index (χ0v) is 35.7. The van der Waals surface area contributed by atoms with Crippen LogP contribution in [0, 0.1) is 6.92 Å². The number of rotatable bonds is 6. The lowest BCUT2D eigenvalue weighted by Crippen LogP contribution is -2.30. The molecule has 4 nitrogen and oxygen atoms in total. The fourth-order valence-electron chi connectivity index (χ4n) is 11.5. The summed E-state index contributed by atoms with van der Waals surface area (Å²) in [5.41, 5.74) is 17.9. The molecule has 0 radical (unpaired) electrons. The van der Waals surface area contributed by atoms with Crippen molar-refractivity contribution < 1.29 is 0 Å². The number of hydrogen-bond acceptors (Lipinski definition) is 4. The molecule has 0 fully saturated rings. The van der Waals surface area contributed by atoms with E-state index in [0.29, 0.717) is 0 Å². The summed E-state index contributed by atoms with van der Waals surface area (Å²) in [5, 5.41) is 4.80. The van der Waals surface area contributed by atoms with E-state index in [9.17, 15) is 0 Å². The standard InChI is InChI=1S/C61H40N4/c1-39-26-29-48-49(36-39)59(41-28-31-45-43-17-5-7-21-51(43)61(53(45)38-41,56-24-10-14-34-64-56)57-25-11-15-35-65-57)47-19-3-2-18-46(47)58(48)40-27-30-44-42-16-4-6-20-50(42)60(52(44)37-40,54-22-8-12-32-62-54)55-23-9-13-33-63-55/h2-38H,1H3. The molecule has 0 aliphatic heterocycles. The number of benzene rings is 7. The van der Waals surface area contributed by atoms with Crippen LogP contribution < -0.4 is 0 Å². The molecule has 0 saturated carbocycles. The molecule has 65 heavy (non-hydrogen) atoms. The fourth-order valence-corrected chi connectivity index (χ4v) is 11.5. The molecule has 0 unspecified atom stereocenters. The molecular weight excluding hydrogens is 789 g/mol. The molecule has 4 aromatic heterocycles. The number of hydrogen-bond donors (Lipinski definition) is 0. The summed E-state index contributed by atoms with van der Waals surface area (Å²) in [7, 11) is 0. The molecule has 0 amide bonds. The normalized spacial score (nSPS) is 13.9. The van der Waals surface area contributed by atoms with Gasteiger partial charge in [-0.15, -0.1) is 0 Å². The average Bonchev–Trinajstić information content (AvgIpc) is 3.84. The summed E-state index contributed by atoms with van der Waals surface area (Å²) >= 11 is 0. The molecular formula is C61H40N4. The first kappa shape index (κ1) is 37.2. The molecule has 0 N–H and O–H groups in total. The Morgan fingerprint density at radius 3 is 1.09 bits per heavy atom. The summed E-state index contributed by atoms with van der Waals surface area (Å²) in [6, 6.07) is 72.6. The Morgan fingerprint density at radius 1 is 0.292 bits per heavy atom. The third-order valence-electron chi connectivity index (χ3n) is 14.0. The lowest BCUT2D eigenvalue weighted by atomic mass is 9.71. The van der Waals surface area contributed by atoms with E-state index in [1.165, 1.54) is 82.7 Å². The van der Waals surface area contributed by atoms with Gasteiger partial charge in [0.1, 0.15) is 10.8 Å². The van der Waals surface area contributed by atoms with Gasteiger partial charge in [-0.2, -0.15) is 0 Å². The molecule has 4 heteroatoms. The lowest BCUT2D eigenvalue weighted by Gasteiger charge is -2.32. The average molecular weight is 829 g/mol. The molecule has 0 atom stereocenters. The quantitative estimate of drug-likeness (QED) is 0.157. The first-order valence-corrected chi connectivity index (χ1v) is 22.3. The monoisotopic (exact) mass is 828 g/mol. The van der Waals surface area contributed by atoms with Crippen LogP contribution in [-0.4, -0.2) is 19.9 Å². The summed E-state index contributed by atoms with van der Waals surface area (Å²) in [5.74, 6) is 0. The lowest BCUT2D eigenvalue weighted by molar-refractivity contribution is 0.706. The Balaban J connectivity index is 1.09. The van der Waals surface area contributed by atoms with Crippen molar-refractivity contribution in [3.63, 3.8) is 0 Å². The van der Waals surface area contributed by atoms with Gasteiger partial charge in [0, 0.05) is 24.8 Å². The minimum absolute atomic E-state index is 0.720. The summed E-state index contributed by atoms with van der Waals surface area (Å²) < 4.78 is 0. The highest BCUT2D eigenvalue weighted by Crippen LogP contribution is 2.58. The second kappa shape index (κ2) is 14.3. The molecule has 2 aliphatic rings. The van der Waals surface area contributed by atoms with E-state index in [4.69, 9.17) is 19.9 Å². The maximum atomic E-state index is 5.10. The Morgan fingerprint density at radius 2 is 0.662 bits per heavy atom. The van der Waals surface area contributed by atoms with Crippen LogP contribution in [0.5, 0.6) is 0 Å². The number of fused-ring (bicyclic) bond motifs is 8. The van der Waals surface area contributed by atoms with Crippen molar-refractivity contribution in [3.8, 4) is 44.5 Å². The van der Waals surface area contributed by atoms with Crippen molar-refractivity contribution >= 4 is 21.5 Å². The summed E-state index contributed by atoms with van der Waals surface area (Å²) in [6.07, 6.45) is 7.62. The van der Waals surface area contributed by atoms with Gasteiger partial charge in [0.05, 0.1) is 22.8 Å². The van der Waals surface area contributed by atoms with Crippen LogP contribution in [0.1, 0.15) is 50.6 Å². The first-order chi connectivity index (χ1) is 32.2. The summed E-state index contributed by atoms with van der Waals surface area (Å²) in [4.78, 5) is 20.4. The van der Waals surface area contributed by atoms with Crippen molar-refractivity contribution in [3.05, 3.63) is 276 Å². The highest BCUT2D eigenvalue weighted by Gasteiger charge is 2.50. The fraction of sp³-hybridized carbons (Fsp3) is 0.0492. The van der Waals surface area contributed by atoms with Crippen molar-refractivity contribution in [2.24, 2.45) is 0 Å². The Bertz CT molecular complexity index is 3580. The van der Waals surface area contributed by atoms with Crippen LogP contribution >= 0.6 is 0 Å². The van der Waals surface area contributed by atoms with Crippen LogP contribution in [0.3, 0.4) is 0 Å². The Kier molecular flexibility index (Phi) is 8.22. The minimum Gasteiger partial charge on any atom is -0.260 e. The van der Waals surface area contributed by atoms with Crippen LogP contribution in [0.4, 0.5) is 0 Å². The topological polar surface area (TPSA) is 51.6 Å².